The molecule has 2 aromatic rings. The molecule has 30 heavy (non-hydrogen) atoms. The zero-order valence-electron chi connectivity index (χ0n) is 16.8. The Labute approximate surface area is 175 Å². The zero-order chi connectivity index (χ0) is 20.8. The van der Waals surface area contributed by atoms with Gasteiger partial charge in [0.25, 0.3) is 5.91 Å². The predicted octanol–water partition coefficient (Wildman–Crippen LogP) is 1.92. The Morgan fingerprint density at radius 3 is 2.23 bits per heavy atom. The number of hydrogen-bond donors (Lipinski definition) is 2. The molecule has 2 N–H and O–H groups in total. The highest BCUT2D eigenvalue weighted by Gasteiger charge is 2.27. The van der Waals surface area contributed by atoms with E-state index in [0.717, 1.165) is 16.7 Å². The van der Waals surface area contributed by atoms with Gasteiger partial charge in [0.15, 0.2) is 17.3 Å². The van der Waals surface area contributed by atoms with Gasteiger partial charge in [-0.3, -0.25) is 10.2 Å². The molecule has 4 rings (SSSR count). The van der Waals surface area contributed by atoms with Crippen molar-refractivity contribution in [3.63, 3.8) is 0 Å². The van der Waals surface area contributed by atoms with Gasteiger partial charge in [0.1, 0.15) is 19.3 Å². The number of nitrogens with one attached hydrogen (secondary N) is 2. The Morgan fingerprint density at radius 2 is 1.53 bits per heavy atom. The number of carbonyl (C=O) groups is 1. The second-order valence-electron chi connectivity index (χ2n) is 7.01. The lowest BCUT2D eigenvalue weighted by Gasteiger charge is -2.24. The number of ether oxygens (including phenoxy) is 4. The lowest BCUT2D eigenvalue weighted by atomic mass is 10.0. The van der Waals surface area contributed by atoms with E-state index in [4.69, 9.17) is 18.9 Å². The Kier molecular flexibility index (Phi) is 6.46. The molecule has 0 radical (unpaired) electrons. The molecule has 2 aromatic carbocycles. The second kappa shape index (κ2) is 9.60. The van der Waals surface area contributed by atoms with Gasteiger partial charge in [-0.15, -0.1) is 0 Å². The fourth-order valence-corrected chi connectivity index (χ4v) is 3.16. The van der Waals surface area contributed by atoms with E-state index >= 15 is 0 Å². The van der Waals surface area contributed by atoms with Crippen molar-refractivity contribution in [1.29, 1.82) is 0 Å². The lowest BCUT2D eigenvalue weighted by molar-refractivity contribution is -0.122. The highest BCUT2D eigenvalue weighted by Crippen LogP contribution is 2.31. The second-order valence-corrected chi connectivity index (χ2v) is 7.01. The molecule has 0 saturated carbocycles. The number of benzene rings is 2. The van der Waals surface area contributed by atoms with Gasteiger partial charge in [-0.05, 0) is 24.6 Å². The zero-order valence-corrected chi connectivity index (χ0v) is 16.8. The molecule has 8 heteroatoms. The smallest absolute Gasteiger partial charge is 0.254 e. The van der Waals surface area contributed by atoms with E-state index in [9.17, 15) is 4.79 Å². The van der Waals surface area contributed by atoms with Gasteiger partial charge in [-0.2, -0.15) is 5.10 Å². The van der Waals surface area contributed by atoms with Crippen molar-refractivity contribution >= 4 is 11.7 Å². The normalized spacial score (nSPS) is 20.1. The number of amides is 1. The summed E-state index contributed by atoms with van der Waals surface area (Å²) in [6.07, 6.45) is 0. The minimum Gasteiger partial charge on any atom is -0.487 e. The maximum Gasteiger partial charge on any atom is 0.254 e. The van der Waals surface area contributed by atoms with E-state index < -0.39 is 6.04 Å². The van der Waals surface area contributed by atoms with Crippen LogP contribution in [0.3, 0.4) is 0 Å². The van der Waals surface area contributed by atoms with Crippen LogP contribution in [0, 0.1) is 6.92 Å². The molecule has 8 nitrogen and oxygen atoms in total. The monoisotopic (exact) mass is 411 g/mol. The van der Waals surface area contributed by atoms with Gasteiger partial charge in [0.05, 0.1) is 26.4 Å². The van der Waals surface area contributed by atoms with E-state index in [1.807, 2.05) is 37.3 Å². The third-order valence-electron chi connectivity index (χ3n) is 4.78. The summed E-state index contributed by atoms with van der Waals surface area (Å²) in [5, 5.41) is 7.24. The molecule has 158 valence electrons. The lowest BCUT2D eigenvalue weighted by Crippen LogP contribution is -2.45. The number of carbonyl (C=O) groups excluding carboxylic acids is 1. The Morgan fingerprint density at radius 1 is 0.867 bits per heavy atom. The molecule has 0 spiro atoms. The molecule has 1 unspecified atom stereocenters. The number of nitrogens with zero attached hydrogens (tertiary/aromatic N) is 1. The van der Waals surface area contributed by atoms with Crippen LogP contribution >= 0.6 is 0 Å². The molecule has 2 aliphatic rings. The van der Waals surface area contributed by atoms with Gasteiger partial charge in [0.2, 0.25) is 0 Å². The molecule has 0 aliphatic carbocycles. The first-order valence-electron chi connectivity index (χ1n) is 9.97. The van der Waals surface area contributed by atoms with Crippen LogP contribution in [0.5, 0.6) is 11.5 Å². The fraction of sp³-hybridized carbons (Fsp3) is 0.364. The van der Waals surface area contributed by atoms with E-state index in [1.54, 1.807) is 12.1 Å². The summed E-state index contributed by atoms with van der Waals surface area (Å²) in [7, 11) is 0. The van der Waals surface area contributed by atoms with Crippen LogP contribution in [0.15, 0.2) is 47.6 Å². The topological polar surface area (TPSA) is 90.4 Å². The fourth-order valence-electron chi connectivity index (χ4n) is 3.16. The standard InChI is InChI=1S/C22H25N3O5/c1-15-2-4-16(5-3-15)21-23-22(26)20(24-25-21)17-6-7-18-19(14-17)30-13-11-28-9-8-27-10-12-29-18/h2-7,14,20,24H,8-13H2,1H3,(H,23,25,26). The summed E-state index contributed by atoms with van der Waals surface area (Å²) < 4.78 is 22.5. The van der Waals surface area contributed by atoms with Gasteiger partial charge < -0.3 is 24.3 Å². The summed E-state index contributed by atoms with van der Waals surface area (Å²) in [5.41, 5.74) is 5.67. The van der Waals surface area contributed by atoms with E-state index in [2.05, 4.69) is 15.8 Å². The van der Waals surface area contributed by atoms with Crippen LogP contribution in [-0.2, 0) is 14.3 Å². The summed E-state index contributed by atoms with van der Waals surface area (Å²) in [6.45, 7) is 4.75. The number of hydrazone groups is 1. The van der Waals surface area contributed by atoms with Crippen molar-refractivity contribution in [2.45, 2.75) is 13.0 Å². The van der Waals surface area contributed by atoms with Crippen LogP contribution in [0.25, 0.3) is 0 Å². The van der Waals surface area contributed by atoms with Crippen molar-refractivity contribution < 1.29 is 23.7 Å². The largest absolute Gasteiger partial charge is 0.487 e. The summed E-state index contributed by atoms with van der Waals surface area (Å²) in [4.78, 5) is 12.8. The highest BCUT2D eigenvalue weighted by molar-refractivity contribution is 6.10. The van der Waals surface area contributed by atoms with Gasteiger partial charge >= 0.3 is 0 Å². The van der Waals surface area contributed by atoms with Crippen molar-refractivity contribution in [2.24, 2.45) is 5.10 Å². The first-order chi connectivity index (χ1) is 14.7. The molecule has 0 fully saturated rings. The van der Waals surface area contributed by atoms with E-state index in [0.29, 0.717) is 57.0 Å². The first-order valence-corrected chi connectivity index (χ1v) is 9.97. The predicted molar refractivity (Wildman–Crippen MR) is 111 cm³/mol. The summed E-state index contributed by atoms with van der Waals surface area (Å²) in [5.74, 6) is 1.47. The molecule has 1 amide bonds. The first kappa shape index (κ1) is 20.2. The van der Waals surface area contributed by atoms with Crippen molar-refractivity contribution in [1.82, 2.24) is 10.7 Å². The van der Waals surface area contributed by atoms with Gasteiger partial charge in [0, 0.05) is 5.56 Å². The average Bonchev–Trinajstić information content (AvgIpc) is 2.75. The number of fused-ring (bicyclic) bond motifs is 1. The number of aryl methyl sites for hydroxylation is 1. The van der Waals surface area contributed by atoms with Crippen molar-refractivity contribution in [3.8, 4) is 11.5 Å². The average molecular weight is 411 g/mol. The Hall–Kier alpha value is -3.10. The van der Waals surface area contributed by atoms with Crippen molar-refractivity contribution in [3.05, 3.63) is 59.2 Å². The van der Waals surface area contributed by atoms with E-state index in [1.165, 1.54) is 0 Å². The van der Waals surface area contributed by atoms with E-state index in [-0.39, 0.29) is 5.91 Å². The molecule has 0 aromatic heterocycles. The number of hydrogen-bond acceptors (Lipinski definition) is 7. The Bertz CT molecular complexity index is 913. The molecule has 1 atom stereocenters. The third kappa shape index (κ3) is 4.90. The number of amidine groups is 1. The maximum atomic E-state index is 12.8. The minimum atomic E-state index is -0.630. The van der Waals surface area contributed by atoms with Gasteiger partial charge in [-0.25, -0.2) is 0 Å². The molecular weight excluding hydrogens is 386 g/mol. The molecule has 0 saturated heterocycles. The molecule has 0 bridgehead atoms. The van der Waals surface area contributed by atoms with Crippen LogP contribution < -0.4 is 20.2 Å². The minimum absolute atomic E-state index is 0.189. The third-order valence-corrected chi connectivity index (χ3v) is 4.78. The number of rotatable bonds is 2. The summed E-state index contributed by atoms with van der Waals surface area (Å²) in [6, 6.07) is 12.6. The van der Waals surface area contributed by atoms with Gasteiger partial charge in [-0.1, -0.05) is 35.9 Å². The molecule has 2 heterocycles. The SMILES string of the molecule is Cc1ccc(C2=NNC(c3ccc4c(c3)OCCOCCOCCO4)C(=O)N2)cc1. The quantitative estimate of drug-likeness (QED) is 0.785. The van der Waals surface area contributed by atoms with Crippen LogP contribution in [-0.4, -0.2) is 51.4 Å². The summed E-state index contributed by atoms with van der Waals surface area (Å²) >= 11 is 0. The van der Waals surface area contributed by atoms with Crippen molar-refractivity contribution in [2.75, 3.05) is 39.6 Å². The molecule has 2 aliphatic heterocycles. The highest BCUT2D eigenvalue weighted by atomic mass is 16.6. The molecular formula is C22H25N3O5. The Balaban J connectivity index is 1.51. The maximum absolute atomic E-state index is 12.8. The van der Waals surface area contributed by atoms with Crippen LogP contribution in [0.2, 0.25) is 0 Å². The van der Waals surface area contributed by atoms with Crippen LogP contribution in [0.1, 0.15) is 22.7 Å². The van der Waals surface area contributed by atoms with Crippen LogP contribution in [0.4, 0.5) is 0 Å².